The van der Waals surface area contributed by atoms with Crippen molar-refractivity contribution < 1.29 is 28.6 Å². The summed E-state index contributed by atoms with van der Waals surface area (Å²) in [5.74, 6) is -1.11. The summed E-state index contributed by atoms with van der Waals surface area (Å²) in [6.45, 7) is 8.39. The van der Waals surface area contributed by atoms with E-state index in [1.165, 1.54) is 0 Å². The molecule has 2 aliphatic rings. The molecule has 0 unspecified atom stereocenters. The zero-order valence-corrected chi connectivity index (χ0v) is 22.6. The number of carbonyl (C=O) groups excluding carboxylic acids is 1. The van der Waals surface area contributed by atoms with Gasteiger partial charge >= 0.3 is 5.97 Å². The number of carboxylic acids is 1. The molecular formula is C29H37N3O6. The first-order valence-electron chi connectivity index (χ1n) is 13.5. The molecule has 5 rings (SSSR count). The van der Waals surface area contributed by atoms with Gasteiger partial charge in [0.15, 0.2) is 23.0 Å². The summed E-state index contributed by atoms with van der Waals surface area (Å²) in [6.07, 6.45) is 4.22. The second-order valence-corrected chi connectivity index (χ2v) is 11.1. The molecule has 0 saturated carbocycles. The van der Waals surface area contributed by atoms with Gasteiger partial charge < -0.3 is 29.3 Å². The van der Waals surface area contributed by atoms with Crippen LogP contribution in [0.5, 0.6) is 0 Å². The van der Waals surface area contributed by atoms with Crippen LogP contribution < -0.4 is 5.32 Å². The van der Waals surface area contributed by atoms with Gasteiger partial charge in [-0.25, -0.2) is 9.78 Å². The Labute approximate surface area is 222 Å². The fourth-order valence-electron chi connectivity index (χ4n) is 6.27. The Balaban J connectivity index is 1.39. The van der Waals surface area contributed by atoms with Crippen LogP contribution in [-0.2, 0) is 15.9 Å². The lowest BCUT2D eigenvalue weighted by Crippen LogP contribution is -2.58. The number of rotatable bonds is 7. The number of carbonyl (C=O) groups is 2. The zero-order valence-electron chi connectivity index (χ0n) is 22.6. The SMILES string of the molecule is CNc1ccc2oc(C[C@H]3O[C@@]4(CC[C@H]3C)O[C@@H]([C@@H](C)C(=O)c3ccc[nH]3)[C@@H](C)C[C@@H]4C)nc2c1C(=O)O. The van der Waals surface area contributed by atoms with Gasteiger partial charge in [0.05, 0.1) is 30.0 Å². The van der Waals surface area contributed by atoms with E-state index >= 15 is 0 Å². The fraction of sp³-hybridized carbons (Fsp3) is 0.552. The van der Waals surface area contributed by atoms with Crippen molar-refractivity contribution >= 4 is 28.5 Å². The van der Waals surface area contributed by atoms with E-state index in [0.717, 1.165) is 19.3 Å². The first-order valence-corrected chi connectivity index (χ1v) is 13.5. The average molecular weight is 524 g/mol. The highest BCUT2D eigenvalue weighted by molar-refractivity contribution is 6.06. The molecule has 2 aliphatic heterocycles. The van der Waals surface area contributed by atoms with E-state index in [4.69, 9.17) is 13.9 Å². The zero-order chi connectivity index (χ0) is 27.2. The van der Waals surface area contributed by atoms with E-state index in [1.807, 2.05) is 13.0 Å². The van der Waals surface area contributed by atoms with E-state index in [9.17, 15) is 14.7 Å². The van der Waals surface area contributed by atoms with Gasteiger partial charge in [-0.1, -0.05) is 27.7 Å². The lowest BCUT2D eigenvalue weighted by molar-refractivity contribution is -0.355. The van der Waals surface area contributed by atoms with Crippen molar-refractivity contribution in [1.82, 2.24) is 9.97 Å². The molecule has 9 nitrogen and oxygen atoms in total. The lowest BCUT2D eigenvalue weighted by atomic mass is 9.75. The number of nitrogens with one attached hydrogen (secondary N) is 2. The van der Waals surface area contributed by atoms with Gasteiger partial charge in [0.25, 0.3) is 0 Å². The molecule has 3 N–H and O–H groups in total. The van der Waals surface area contributed by atoms with Crippen LogP contribution in [0.15, 0.2) is 34.9 Å². The number of H-pyrrole nitrogens is 1. The number of ketones is 1. The number of hydrogen-bond donors (Lipinski definition) is 3. The molecule has 0 aliphatic carbocycles. The number of carboxylic acid groups (broad SMARTS) is 1. The van der Waals surface area contributed by atoms with Crippen molar-refractivity contribution in [2.45, 2.75) is 71.4 Å². The molecule has 38 heavy (non-hydrogen) atoms. The van der Waals surface area contributed by atoms with Crippen molar-refractivity contribution in [3.05, 3.63) is 47.6 Å². The van der Waals surface area contributed by atoms with Crippen LogP contribution in [0.1, 0.15) is 73.7 Å². The molecule has 1 aromatic carbocycles. The number of ether oxygens (including phenoxy) is 2. The molecule has 4 heterocycles. The maximum Gasteiger partial charge on any atom is 0.340 e. The maximum atomic E-state index is 13.1. The molecule has 2 aromatic heterocycles. The first kappa shape index (κ1) is 26.4. The van der Waals surface area contributed by atoms with E-state index in [0.29, 0.717) is 34.8 Å². The number of oxazole rings is 1. The van der Waals surface area contributed by atoms with Crippen LogP contribution >= 0.6 is 0 Å². The Morgan fingerprint density at radius 2 is 2.00 bits per heavy atom. The number of benzene rings is 1. The van der Waals surface area contributed by atoms with Gasteiger partial charge in [-0.15, -0.1) is 0 Å². The van der Waals surface area contributed by atoms with E-state index in [1.54, 1.807) is 31.4 Å². The van der Waals surface area contributed by atoms with Gasteiger partial charge in [0, 0.05) is 31.5 Å². The normalized spacial score (nSPS) is 30.4. The third-order valence-corrected chi connectivity index (χ3v) is 8.54. The summed E-state index contributed by atoms with van der Waals surface area (Å²) in [6, 6.07) is 7.05. The molecule has 3 aromatic rings. The Hall–Kier alpha value is -3.17. The Kier molecular flexibility index (Phi) is 7.09. The van der Waals surface area contributed by atoms with Gasteiger partial charge in [-0.2, -0.15) is 0 Å². The fourth-order valence-corrected chi connectivity index (χ4v) is 6.27. The van der Waals surface area contributed by atoms with Crippen LogP contribution in [0.2, 0.25) is 0 Å². The number of anilines is 1. The third-order valence-electron chi connectivity index (χ3n) is 8.54. The smallest absolute Gasteiger partial charge is 0.340 e. The lowest BCUT2D eigenvalue weighted by Gasteiger charge is -2.53. The molecule has 0 bridgehead atoms. The molecule has 204 valence electrons. The maximum absolute atomic E-state index is 13.1. The monoisotopic (exact) mass is 523 g/mol. The van der Waals surface area contributed by atoms with Gasteiger partial charge in [-0.05, 0) is 48.9 Å². The quantitative estimate of drug-likeness (QED) is 0.345. The largest absolute Gasteiger partial charge is 0.478 e. The molecule has 7 atom stereocenters. The number of aromatic amines is 1. The highest BCUT2D eigenvalue weighted by Crippen LogP contribution is 2.48. The van der Waals surface area contributed by atoms with Crippen molar-refractivity contribution in [2.75, 3.05) is 12.4 Å². The van der Waals surface area contributed by atoms with Crippen LogP contribution in [0.3, 0.4) is 0 Å². The predicted octanol–water partition coefficient (Wildman–Crippen LogP) is 5.53. The average Bonchev–Trinajstić information content (AvgIpc) is 3.57. The van der Waals surface area contributed by atoms with Crippen LogP contribution in [0.4, 0.5) is 5.69 Å². The summed E-state index contributed by atoms with van der Waals surface area (Å²) in [5, 5.41) is 12.7. The summed E-state index contributed by atoms with van der Waals surface area (Å²) >= 11 is 0. The van der Waals surface area contributed by atoms with E-state index < -0.39 is 11.8 Å². The number of fused-ring (bicyclic) bond motifs is 1. The summed E-state index contributed by atoms with van der Waals surface area (Å²) in [5.41, 5.74) is 1.93. The third kappa shape index (κ3) is 4.62. The molecule has 2 fully saturated rings. The minimum Gasteiger partial charge on any atom is -0.478 e. The second-order valence-electron chi connectivity index (χ2n) is 11.1. The predicted molar refractivity (Wildman–Crippen MR) is 142 cm³/mol. The second kappa shape index (κ2) is 10.2. The first-order chi connectivity index (χ1) is 18.1. The Bertz CT molecular complexity index is 1320. The number of aromatic carboxylic acids is 1. The highest BCUT2D eigenvalue weighted by atomic mass is 16.7. The Morgan fingerprint density at radius 3 is 2.68 bits per heavy atom. The van der Waals surface area contributed by atoms with Crippen LogP contribution in [0, 0.1) is 23.7 Å². The molecule has 9 heteroatoms. The van der Waals surface area contributed by atoms with Crippen molar-refractivity contribution in [3.63, 3.8) is 0 Å². The molecule has 1 spiro atoms. The molecule has 0 amide bonds. The summed E-state index contributed by atoms with van der Waals surface area (Å²) in [7, 11) is 1.68. The Morgan fingerprint density at radius 1 is 1.21 bits per heavy atom. The standard InChI is InChI=1S/C29H37N3O6/c1-15-10-11-29(17(3)13-16(2)27(38-29)18(4)26(33)20-7-6-12-31-20)37-22(15)14-23-32-25-21(36-23)9-8-19(30-5)24(25)28(34)35/h6-9,12,15-18,22,27,30-31H,10-11,13-14H2,1-5H3,(H,34,35)/t15-,16+,17+,18+,22-,27-,29+/m1/s1. The van der Waals surface area contributed by atoms with Crippen molar-refractivity contribution in [3.8, 4) is 0 Å². The topological polar surface area (TPSA) is 127 Å². The van der Waals surface area contributed by atoms with Gasteiger partial charge in [0.1, 0.15) is 11.1 Å². The van der Waals surface area contributed by atoms with E-state index in [-0.39, 0.29) is 47.2 Å². The molecular weight excluding hydrogens is 486 g/mol. The van der Waals surface area contributed by atoms with Crippen molar-refractivity contribution in [1.29, 1.82) is 0 Å². The van der Waals surface area contributed by atoms with Gasteiger partial charge in [0.2, 0.25) is 0 Å². The molecule has 2 saturated heterocycles. The van der Waals surface area contributed by atoms with Crippen LogP contribution in [0.25, 0.3) is 11.1 Å². The highest BCUT2D eigenvalue weighted by Gasteiger charge is 2.52. The molecule has 0 radical (unpaired) electrons. The van der Waals surface area contributed by atoms with Gasteiger partial charge in [-0.3, -0.25) is 4.79 Å². The summed E-state index contributed by atoms with van der Waals surface area (Å²) in [4.78, 5) is 32.7. The minimum atomic E-state index is -1.06. The minimum absolute atomic E-state index is 0.0407. The number of Topliss-reactive ketones (excluding diaryl/α,β-unsaturated/α-hetero) is 1. The number of nitrogens with zero attached hydrogens (tertiary/aromatic N) is 1. The van der Waals surface area contributed by atoms with Crippen molar-refractivity contribution in [2.24, 2.45) is 23.7 Å². The number of aromatic nitrogens is 2. The van der Waals surface area contributed by atoms with E-state index in [2.05, 4.69) is 36.1 Å². The number of hydrogen-bond acceptors (Lipinski definition) is 7. The van der Waals surface area contributed by atoms with Crippen LogP contribution in [-0.4, -0.2) is 51.9 Å². The summed E-state index contributed by atoms with van der Waals surface area (Å²) < 4.78 is 19.6.